The van der Waals surface area contributed by atoms with Crippen LogP contribution in [0.15, 0.2) is 28.8 Å². The third-order valence-corrected chi connectivity index (χ3v) is 4.58. The topological polar surface area (TPSA) is 68.5 Å². The van der Waals surface area contributed by atoms with E-state index >= 15 is 0 Å². The lowest BCUT2D eigenvalue weighted by molar-refractivity contribution is -0.139. The van der Waals surface area contributed by atoms with Gasteiger partial charge in [0.05, 0.1) is 13.2 Å². The molecule has 1 unspecified atom stereocenters. The molecule has 0 radical (unpaired) electrons. The van der Waals surface area contributed by atoms with E-state index < -0.39 is 0 Å². The lowest BCUT2D eigenvalue weighted by Gasteiger charge is -2.33. The van der Waals surface area contributed by atoms with Crippen molar-refractivity contribution in [3.8, 4) is 0 Å². The molecule has 2 heterocycles. The summed E-state index contributed by atoms with van der Waals surface area (Å²) in [6, 6.07) is 6.23. The Morgan fingerprint density at radius 1 is 1.30 bits per heavy atom. The molecule has 0 bridgehead atoms. The standard InChI is InChI=1S/C20H26FN3O3/c1-20(2,3)19-22-17(27-23-19)5-4-6-18(25)24-11-12-26-16(13-24)14-7-9-15(21)10-8-14/h7-10,16H,4-6,11-13H2,1-3H3. The highest BCUT2D eigenvalue weighted by molar-refractivity contribution is 5.76. The predicted octanol–water partition coefficient (Wildman–Crippen LogP) is 3.43. The molecule has 0 N–H and O–H groups in total. The van der Waals surface area contributed by atoms with Crippen molar-refractivity contribution in [2.24, 2.45) is 0 Å². The third kappa shape index (κ3) is 5.13. The highest BCUT2D eigenvalue weighted by Crippen LogP contribution is 2.23. The van der Waals surface area contributed by atoms with E-state index in [-0.39, 0.29) is 23.2 Å². The van der Waals surface area contributed by atoms with E-state index in [0.29, 0.717) is 50.7 Å². The second-order valence-corrected chi connectivity index (χ2v) is 7.87. The predicted molar refractivity (Wildman–Crippen MR) is 97.6 cm³/mol. The van der Waals surface area contributed by atoms with Gasteiger partial charge in [-0.15, -0.1) is 0 Å². The summed E-state index contributed by atoms with van der Waals surface area (Å²) in [5, 5.41) is 4.00. The Hall–Kier alpha value is -2.28. The number of amides is 1. The number of rotatable bonds is 5. The number of morpholine rings is 1. The van der Waals surface area contributed by atoms with E-state index in [4.69, 9.17) is 9.26 Å². The molecule has 7 heteroatoms. The van der Waals surface area contributed by atoms with Crippen LogP contribution in [-0.2, 0) is 21.4 Å². The van der Waals surface area contributed by atoms with Crippen molar-refractivity contribution in [3.63, 3.8) is 0 Å². The summed E-state index contributed by atoms with van der Waals surface area (Å²) in [5.41, 5.74) is 0.732. The van der Waals surface area contributed by atoms with Gasteiger partial charge in [0.25, 0.3) is 0 Å². The van der Waals surface area contributed by atoms with Crippen molar-refractivity contribution >= 4 is 5.91 Å². The van der Waals surface area contributed by atoms with Gasteiger partial charge in [-0.3, -0.25) is 4.79 Å². The van der Waals surface area contributed by atoms with Crippen molar-refractivity contribution in [3.05, 3.63) is 47.4 Å². The van der Waals surface area contributed by atoms with Gasteiger partial charge in [0.15, 0.2) is 5.82 Å². The van der Waals surface area contributed by atoms with Crippen LogP contribution in [0, 0.1) is 5.82 Å². The lowest BCUT2D eigenvalue weighted by Crippen LogP contribution is -2.42. The van der Waals surface area contributed by atoms with Gasteiger partial charge in [0, 0.05) is 24.8 Å². The van der Waals surface area contributed by atoms with E-state index in [0.717, 1.165) is 5.56 Å². The molecular formula is C20H26FN3O3. The number of carbonyl (C=O) groups excluding carboxylic acids is 1. The normalized spacial score (nSPS) is 17.9. The Kier molecular flexibility index (Phi) is 5.89. The zero-order valence-corrected chi connectivity index (χ0v) is 16.1. The molecule has 0 spiro atoms. The molecule has 2 aromatic rings. The van der Waals surface area contributed by atoms with Crippen LogP contribution in [0.25, 0.3) is 0 Å². The van der Waals surface area contributed by atoms with Crippen molar-refractivity contribution in [2.45, 2.75) is 51.6 Å². The van der Waals surface area contributed by atoms with Crippen LogP contribution < -0.4 is 0 Å². The first-order valence-corrected chi connectivity index (χ1v) is 9.31. The number of nitrogens with zero attached hydrogens (tertiary/aromatic N) is 3. The molecular weight excluding hydrogens is 349 g/mol. The largest absolute Gasteiger partial charge is 0.370 e. The van der Waals surface area contributed by atoms with E-state index in [1.54, 1.807) is 12.1 Å². The van der Waals surface area contributed by atoms with Crippen LogP contribution in [0.4, 0.5) is 4.39 Å². The van der Waals surface area contributed by atoms with Gasteiger partial charge in [0.1, 0.15) is 11.9 Å². The number of halogens is 1. The number of benzene rings is 1. The second kappa shape index (κ2) is 8.17. The maximum Gasteiger partial charge on any atom is 0.226 e. The van der Waals surface area contributed by atoms with Crippen molar-refractivity contribution < 1.29 is 18.4 Å². The van der Waals surface area contributed by atoms with Crippen molar-refractivity contribution in [2.75, 3.05) is 19.7 Å². The van der Waals surface area contributed by atoms with Gasteiger partial charge >= 0.3 is 0 Å². The number of hydrogen-bond acceptors (Lipinski definition) is 5. The summed E-state index contributed by atoms with van der Waals surface area (Å²) in [4.78, 5) is 18.7. The number of aromatic nitrogens is 2. The van der Waals surface area contributed by atoms with Gasteiger partial charge in [0.2, 0.25) is 11.8 Å². The molecule has 27 heavy (non-hydrogen) atoms. The second-order valence-electron chi connectivity index (χ2n) is 7.87. The van der Waals surface area contributed by atoms with Gasteiger partial charge in [-0.05, 0) is 24.1 Å². The SMILES string of the molecule is CC(C)(C)c1noc(CCCC(=O)N2CCOC(c3ccc(F)cc3)C2)n1. The molecule has 6 nitrogen and oxygen atoms in total. The maximum atomic E-state index is 13.1. The first-order chi connectivity index (χ1) is 12.8. The number of hydrogen-bond donors (Lipinski definition) is 0. The minimum absolute atomic E-state index is 0.0842. The molecule has 1 amide bonds. The average Bonchev–Trinajstić information content (AvgIpc) is 3.12. The number of aryl methyl sites for hydroxylation is 1. The van der Waals surface area contributed by atoms with Crippen molar-refractivity contribution in [1.82, 2.24) is 15.0 Å². The summed E-state index contributed by atoms with van der Waals surface area (Å²) in [6.45, 7) is 7.63. The molecule has 1 saturated heterocycles. The summed E-state index contributed by atoms with van der Waals surface area (Å²) in [6.07, 6.45) is 1.45. The van der Waals surface area contributed by atoms with E-state index in [1.165, 1.54) is 12.1 Å². The first-order valence-electron chi connectivity index (χ1n) is 9.31. The quantitative estimate of drug-likeness (QED) is 0.801. The first kappa shape index (κ1) is 19.5. The fraction of sp³-hybridized carbons (Fsp3) is 0.550. The fourth-order valence-corrected chi connectivity index (χ4v) is 2.96. The van der Waals surface area contributed by atoms with Gasteiger partial charge < -0.3 is 14.2 Å². The summed E-state index contributed by atoms with van der Waals surface area (Å²) >= 11 is 0. The molecule has 0 aliphatic carbocycles. The molecule has 3 rings (SSSR count). The van der Waals surface area contributed by atoms with Crippen LogP contribution in [-0.4, -0.2) is 40.6 Å². The van der Waals surface area contributed by atoms with E-state index in [2.05, 4.69) is 10.1 Å². The zero-order valence-electron chi connectivity index (χ0n) is 16.1. The molecule has 146 valence electrons. The average molecular weight is 375 g/mol. The van der Waals surface area contributed by atoms with E-state index in [9.17, 15) is 9.18 Å². The highest BCUT2D eigenvalue weighted by Gasteiger charge is 2.25. The lowest BCUT2D eigenvalue weighted by atomic mass is 9.96. The molecule has 1 aromatic carbocycles. The Labute approximate surface area is 158 Å². The van der Waals surface area contributed by atoms with Crippen LogP contribution in [0.3, 0.4) is 0 Å². The van der Waals surface area contributed by atoms with Crippen LogP contribution >= 0.6 is 0 Å². The minimum Gasteiger partial charge on any atom is -0.370 e. The van der Waals surface area contributed by atoms with Gasteiger partial charge in [-0.1, -0.05) is 38.1 Å². The molecule has 1 aromatic heterocycles. The van der Waals surface area contributed by atoms with Crippen molar-refractivity contribution in [1.29, 1.82) is 0 Å². The van der Waals surface area contributed by atoms with Crippen LogP contribution in [0.1, 0.15) is 57.0 Å². The Bertz CT molecular complexity index is 768. The smallest absolute Gasteiger partial charge is 0.226 e. The third-order valence-electron chi connectivity index (χ3n) is 4.58. The molecule has 0 saturated carbocycles. The summed E-state index contributed by atoms with van der Waals surface area (Å²) in [7, 11) is 0. The fourth-order valence-electron chi connectivity index (χ4n) is 2.96. The highest BCUT2D eigenvalue weighted by atomic mass is 19.1. The molecule has 1 fully saturated rings. The minimum atomic E-state index is -0.280. The number of ether oxygens (including phenoxy) is 1. The van der Waals surface area contributed by atoms with Gasteiger partial charge in [-0.2, -0.15) is 4.98 Å². The molecule has 1 atom stereocenters. The maximum absolute atomic E-state index is 13.1. The van der Waals surface area contributed by atoms with Gasteiger partial charge in [-0.25, -0.2) is 4.39 Å². The molecule has 1 aliphatic rings. The zero-order chi connectivity index (χ0) is 19.4. The summed E-state index contributed by atoms with van der Waals surface area (Å²) in [5.74, 6) is 1.05. The Balaban J connectivity index is 1.49. The monoisotopic (exact) mass is 375 g/mol. The Morgan fingerprint density at radius 3 is 2.70 bits per heavy atom. The van der Waals surface area contributed by atoms with Crippen LogP contribution in [0.2, 0.25) is 0 Å². The molecule has 1 aliphatic heterocycles. The van der Waals surface area contributed by atoms with E-state index in [1.807, 2.05) is 25.7 Å². The Morgan fingerprint density at radius 2 is 2.04 bits per heavy atom. The number of carbonyl (C=O) groups is 1. The van der Waals surface area contributed by atoms with Crippen LogP contribution in [0.5, 0.6) is 0 Å². The summed E-state index contributed by atoms with van der Waals surface area (Å²) < 4.78 is 24.1.